The Morgan fingerprint density at radius 2 is 1.71 bits per heavy atom. The first-order chi connectivity index (χ1) is 10.3. The number of nitrogens with one attached hydrogen (secondary N) is 1. The molecule has 110 valence electrons. The summed E-state index contributed by atoms with van der Waals surface area (Å²) in [5.41, 5.74) is 2.80. The van der Waals surface area contributed by atoms with Crippen LogP contribution in [0.15, 0.2) is 54.9 Å². The van der Waals surface area contributed by atoms with Crippen LogP contribution in [0.25, 0.3) is 0 Å². The van der Waals surface area contributed by atoms with Gasteiger partial charge in [0, 0.05) is 24.5 Å². The number of benzene rings is 1. The Bertz CT molecular complexity index is 538. The molecule has 0 amide bonds. The fourth-order valence-corrected chi connectivity index (χ4v) is 3.50. The van der Waals surface area contributed by atoms with Crippen LogP contribution in [-0.2, 0) is 0 Å². The largest absolute Gasteiger partial charge is 0.307 e. The molecule has 0 saturated heterocycles. The number of pyridine rings is 1. The maximum Gasteiger partial charge on any atom is 0.0295 e. The molecule has 1 aromatic heterocycles. The summed E-state index contributed by atoms with van der Waals surface area (Å²) in [5, 5.41) is 3.86. The lowest BCUT2D eigenvalue weighted by atomic mass is 9.79. The molecule has 3 atom stereocenters. The summed E-state index contributed by atoms with van der Waals surface area (Å²) in [6.45, 7) is 2.26. The molecule has 2 heteroatoms. The van der Waals surface area contributed by atoms with Crippen LogP contribution in [0.5, 0.6) is 0 Å². The van der Waals surface area contributed by atoms with Crippen molar-refractivity contribution >= 4 is 0 Å². The third kappa shape index (κ3) is 3.51. The fraction of sp³-hybridized carbons (Fsp3) is 0.421. The Kier molecular flexibility index (Phi) is 4.66. The predicted octanol–water partition coefficient (Wildman–Crippen LogP) is 4.46. The molecule has 1 aliphatic carbocycles. The molecule has 1 aromatic carbocycles. The molecule has 1 fully saturated rings. The Morgan fingerprint density at radius 1 is 1.00 bits per heavy atom. The van der Waals surface area contributed by atoms with E-state index in [9.17, 15) is 0 Å². The van der Waals surface area contributed by atoms with Crippen LogP contribution in [-0.4, -0.2) is 11.0 Å². The lowest BCUT2D eigenvalue weighted by molar-refractivity contribution is 0.306. The summed E-state index contributed by atoms with van der Waals surface area (Å²) in [5.74, 6) is 0.643. The van der Waals surface area contributed by atoms with Crippen LogP contribution < -0.4 is 5.32 Å². The molecule has 0 spiro atoms. The molecule has 21 heavy (non-hydrogen) atoms. The molecule has 0 radical (unpaired) electrons. The SMILES string of the molecule is C[C@H](NC1CCCCC1c1ccccc1)c1ccncc1. The normalized spacial score (nSPS) is 23.7. The fourth-order valence-electron chi connectivity index (χ4n) is 3.50. The highest BCUT2D eigenvalue weighted by Crippen LogP contribution is 2.34. The number of rotatable bonds is 4. The Labute approximate surface area is 127 Å². The lowest BCUT2D eigenvalue weighted by Gasteiger charge is -2.35. The average Bonchev–Trinajstić information content (AvgIpc) is 2.57. The van der Waals surface area contributed by atoms with E-state index in [1.807, 2.05) is 12.4 Å². The minimum atomic E-state index is 0.377. The van der Waals surface area contributed by atoms with Crippen molar-refractivity contribution in [1.82, 2.24) is 10.3 Å². The molecule has 1 N–H and O–H groups in total. The van der Waals surface area contributed by atoms with Gasteiger partial charge in [0.2, 0.25) is 0 Å². The van der Waals surface area contributed by atoms with Crippen LogP contribution in [0, 0.1) is 0 Å². The van der Waals surface area contributed by atoms with E-state index in [0.29, 0.717) is 18.0 Å². The van der Waals surface area contributed by atoms with Crippen molar-refractivity contribution in [2.24, 2.45) is 0 Å². The van der Waals surface area contributed by atoms with E-state index in [-0.39, 0.29) is 0 Å². The van der Waals surface area contributed by atoms with Gasteiger partial charge < -0.3 is 5.32 Å². The minimum absolute atomic E-state index is 0.377. The van der Waals surface area contributed by atoms with Gasteiger partial charge in [0.15, 0.2) is 0 Å². The van der Waals surface area contributed by atoms with Crippen LogP contribution in [0.3, 0.4) is 0 Å². The molecule has 0 bridgehead atoms. The zero-order valence-electron chi connectivity index (χ0n) is 12.7. The summed E-state index contributed by atoms with van der Waals surface area (Å²) in [6, 6.07) is 16.2. The molecule has 1 saturated carbocycles. The highest BCUT2D eigenvalue weighted by molar-refractivity contribution is 5.23. The first-order valence-electron chi connectivity index (χ1n) is 8.05. The van der Waals surface area contributed by atoms with E-state index in [1.54, 1.807) is 0 Å². The molecule has 2 unspecified atom stereocenters. The van der Waals surface area contributed by atoms with Gasteiger partial charge in [0.1, 0.15) is 0 Å². The quantitative estimate of drug-likeness (QED) is 0.894. The van der Waals surface area contributed by atoms with Crippen molar-refractivity contribution < 1.29 is 0 Å². The van der Waals surface area contributed by atoms with Crippen molar-refractivity contribution in [2.75, 3.05) is 0 Å². The molecule has 0 aliphatic heterocycles. The summed E-state index contributed by atoms with van der Waals surface area (Å²) in [6.07, 6.45) is 9.01. The van der Waals surface area contributed by atoms with E-state index in [4.69, 9.17) is 0 Å². The maximum atomic E-state index is 4.11. The number of hydrogen-bond donors (Lipinski definition) is 1. The van der Waals surface area contributed by atoms with Crippen LogP contribution >= 0.6 is 0 Å². The van der Waals surface area contributed by atoms with Gasteiger partial charge >= 0.3 is 0 Å². The molecular formula is C19H24N2. The second-order valence-corrected chi connectivity index (χ2v) is 6.08. The average molecular weight is 280 g/mol. The first kappa shape index (κ1) is 14.3. The molecule has 3 rings (SSSR count). The molecule has 1 aliphatic rings. The van der Waals surface area contributed by atoms with E-state index in [0.717, 1.165) is 0 Å². The van der Waals surface area contributed by atoms with Gasteiger partial charge in [-0.1, -0.05) is 43.2 Å². The zero-order chi connectivity index (χ0) is 14.5. The highest BCUT2D eigenvalue weighted by Gasteiger charge is 2.27. The Balaban J connectivity index is 1.73. The lowest BCUT2D eigenvalue weighted by Crippen LogP contribution is -2.38. The summed E-state index contributed by atoms with van der Waals surface area (Å²) < 4.78 is 0. The van der Waals surface area contributed by atoms with Gasteiger partial charge in [0.25, 0.3) is 0 Å². The zero-order valence-corrected chi connectivity index (χ0v) is 12.7. The van der Waals surface area contributed by atoms with Crippen LogP contribution in [0.1, 0.15) is 55.7 Å². The molecular weight excluding hydrogens is 256 g/mol. The second kappa shape index (κ2) is 6.86. The first-order valence-corrected chi connectivity index (χ1v) is 8.05. The predicted molar refractivity (Wildman–Crippen MR) is 87.2 cm³/mol. The summed E-state index contributed by atoms with van der Waals surface area (Å²) in [7, 11) is 0. The van der Waals surface area contributed by atoms with Crippen molar-refractivity contribution in [2.45, 2.75) is 50.6 Å². The monoisotopic (exact) mass is 280 g/mol. The number of hydrogen-bond acceptors (Lipinski definition) is 2. The highest BCUT2D eigenvalue weighted by atomic mass is 15.0. The Morgan fingerprint density at radius 3 is 2.48 bits per heavy atom. The van der Waals surface area contributed by atoms with Crippen molar-refractivity contribution in [3.8, 4) is 0 Å². The summed E-state index contributed by atoms with van der Waals surface area (Å²) >= 11 is 0. The van der Waals surface area contributed by atoms with Crippen molar-refractivity contribution in [1.29, 1.82) is 0 Å². The van der Waals surface area contributed by atoms with E-state index in [1.165, 1.54) is 36.8 Å². The van der Waals surface area contributed by atoms with Crippen molar-refractivity contribution in [3.05, 3.63) is 66.0 Å². The minimum Gasteiger partial charge on any atom is -0.307 e. The second-order valence-electron chi connectivity index (χ2n) is 6.08. The van der Waals surface area contributed by atoms with E-state index in [2.05, 4.69) is 59.7 Å². The maximum absolute atomic E-state index is 4.11. The molecule has 1 heterocycles. The molecule has 2 aromatic rings. The third-order valence-corrected chi connectivity index (χ3v) is 4.66. The van der Waals surface area contributed by atoms with Gasteiger partial charge in [0.05, 0.1) is 0 Å². The van der Waals surface area contributed by atoms with Gasteiger partial charge in [-0.05, 0) is 48.9 Å². The van der Waals surface area contributed by atoms with Gasteiger partial charge in [-0.25, -0.2) is 0 Å². The van der Waals surface area contributed by atoms with Gasteiger partial charge in [-0.2, -0.15) is 0 Å². The topological polar surface area (TPSA) is 24.9 Å². The van der Waals surface area contributed by atoms with Crippen LogP contribution in [0.4, 0.5) is 0 Å². The van der Waals surface area contributed by atoms with E-state index >= 15 is 0 Å². The smallest absolute Gasteiger partial charge is 0.0295 e. The van der Waals surface area contributed by atoms with Gasteiger partial charge in [-0.3, -0.25) is 4.98 Å². The Hall–Kier alpha value is -1.67. The molecule has 2 nitrogen and oxygen atoms in total. The summed E-state index contributed by atoms with van der Waals surface area (Å²) in [4.78, 5) is 4.11. The van der Waals surface area contributed by atoms with Gasteiger partial charge in [-0.15, -0.1) is 0 Å². The third-order valence-electron chi connectivity index (χ3n) is 4.66. The number of nitrogens with zero attached hydrogens (tertiary/aromatic N) is 1. The number of aromatic nitrogens is 1. The van der Waals surface area contributed by atoms with Crippen molar-refractivity contribution in [3.63, 3.8) is 0 Å². The van der Waals surface area contributed by atoms with Crippen LogP contribution in [0.2, 0.25) is 0 Å². The standard InChI is InChI=1S/C19H24N2/c1-15(16-11-13-20-14-12-16)21-19-10-6-5-9-18(19)17-7-3-2-4-8-17/h2-4,7-8,11-15,18-19,21H,5-6,9-10H2,1H3/t15-,18?,19?/m0/s1. The van der Waals surface area contributed by atoms with E-state index < -0.39 is 0 Å².